The van der Waals surface area contributed by atoms with Crippen molar-refractivity contribution >= 4 is 78.3 Å². The van der Waals surface area contributed by atoms with Crippen LogP contribution in [0.3, 0.4) is 0 Å². The standard InChI is InChI=1S/C13H6Br2Cl2N2S/c14-6-2-1-3-7(15)12(6)19-11-5-9(17)8(16)4-10(11)18-13(19)20/h1-5H,(H,18,20). The molecular formula is C13H6Br2Cl2N2S. The molecule has 0 aliphatic heterocycles. The Labute approximate surface area is 147 Å². The number of nitrogens with one attached hydrogen (secondary N) is 1. The molecule has 0 amide bonds. The zero-order valence-electron chi connectivity index (χ0n) is 9.75. The number of fused-ring (bicyclic) bond motifs is 1. The van der Waals surface area contributed by atoms with Gasteiger partial charge in [-0.15, -0.1) is 0 Å². The van der Waals surface area contributed by atoms with Crippen LogP contribution in [0.5, 0.6) is 0 Å². The Bertz CT molecular complexity index is 866. The van der Waals surface area contributed by atoms with Gasteiger partial charge in [0.2, 0.25) is 0 Å². The van der Waals surface area contributed by atoms with E-state index >= 15 is 0 Å². The topological polar surface area (TPSA) is 20.7 Å². The van der Waals surface area contributed by atoms with Gasteiger partial charge in [-0.2, -0.15) is 0 Å². The van der Waals surface area contributed by atoms with Crippen molar-refractivity contribution in [1.29, 1.82) is 0 Å². The normalized spacial score (nSPS) is 11.2. The minimum absolute atomic E-state index is 0.491. The maximum Gasteiger partial charge on any atom is 0.182 e. The van der Waals surface area contributed by atoms with Crippen molar-refractivity contribution in [2.45, 2.75) is 0 Å². The number of benzene rings is 2. The minimum atomic E-state index is 0.491. The summed E-state index contributed by atoms with van der Waals surface area (Å²) >= 11 is 24.7. The highest BCUT2D eigenvalue weighted by Crippen LogP contribution is 2.34. The van der Waals surface area contributed by atoms with E-state index in [-0.39, 0.29) is 0 Å². The molecule has 0 saturated carbocycles. The first-order valence-corrected chi connectivity index (χ1v) is 8.28. The molecule has 102 valence electrons. The zero-order valence-corrected chi connectivity index (χ0v) is 15.3. The molecule has 0 radical (unpaired) electrons. The average Bonchev–Trinajstić information content (AvgIpc) is 2.67. The van der Waals surface area contributed by atoms with Crippen molar-refractivity contribution in [1.82, 2.24) is 9.55 Å². The number of imidazole rings is 1. The summed E-state index contributed by atoms with van der Waals surface area (Å²) in [5, 5.41) is 0.985. The van der Waals surface area contributed by atoms with Gasteiger partial charge in [0.25, 0.3) is 0 Å². The maximum atomic E-state index is 6.12. The number of para-hydroxylation sites is 1. The molecule has 20 heavy (non-hydrogen) atoms. The summed E-state index contributed by atoms with van der Waals surface area (Å²) in [5.41, 5.74) is 2.63. The van der Waals surface area contributed by atoms with Gasteiger partial charge in [-0.3, -0.25) is 4.57 Å². The number of H-pyrrole nitrogens is 1. The van der Waals surface area contributed by atoms with E-state index in [1.807, 2.05) is 22.8 Å². The molecule has 0 unspecified atom stereocenters. The summed E-state index contributed by atoms with van der Waals surface area (Å²) < 4.78 is 4.34. The Kier molecular flexibility index (Phi) is 3.99. The van der Waals surface area contributed by atoms with Gasteiger partial charge in [0, 0.05) is 8.95 Å². The zero-order chi connectivity index (χ0) is 14.4. The van der Waals surface area contributed by atoms with Crippen LogP contribution < -0.4 is 0 Å². The van der Waals surface area contributed by atoms with Gasteiger partial charge in [0.1, 0.15) is 0 Å². The molecule has 1 aromatic heterocycles. The summed E-state index contributed by atoms with van der Waals surface area (Å²) in [6.07, 6.45) is 0. The molecule has 0 fully saturated rings. The van der Waals surface area contributed by atoms with E-state index in [2.05, 4.69) is 36.8 Å². The number of aromatic nitrogens is 2. The Morgan fingerprint density at radius 2 is 1.65 bits per heavy atom. The maximum absolute atomic E-state index is 6.12. The van der Waals surface area contributed by atoms with Crippen molar-refractivity contribution in [2.75, 3.05) is 0 Å². The van der Waals surface area contributed by atoms with Crippen LogP contribution in [0.1, 0.15) is 0 Å². The molecule has 1 heterocycles. The van der Waals surface area contributed by atoms with Gasteiger partial charge in [0.05, 0.1) is 26.8 Å². The quantitative estimate of drug-likeness (QED) is 0.417. The second-order valence-corrected chi connectivity index (χ2v) is 7.03. The third-order valence-corrected chi connectivity index (χ3v) is 5.17. The predicted molar refractivity (Wildman–Crippen MR) is 93.9 cm³/mol. The average molecular weight is 453 g/mol. The van der Waals surface area contributed by atoms with E-state index in [4.69, 9.17) is 35.4 Å². The summed E-state index contributed by atoms with van der Waals surface area (Å²) in [4.78, 5) is 3.14. The molecule has 2 nitrogen and oxygen atoms in total. The molecule has 0 spiro atoms. The second kappa shape index (κ2) is 5.46. The van der Waals surface area contributed by atoms with E-state index in [9.17, 15) is 0 Å². The van der Waals surface area contributed by atoms with Gasteiger partial charge in [-0.1, -0.05) is 29.3 Å². The molecule has 0 aliphatic carbocycles. The van der Waals surface area contributed by atoms with Crippen LogP contribution in [0.25, 0.3) is 16.7 Å². The molecule has 0 atom stereocenters. The Morgan fingerprint density at radius 1 is 1.05 bits per heavy atom. The number of rotatable bonds is 1. The lowest BCUT2D eigenvalue weighted by atomic mass is 10.3. The monoisotopic (exact) mass is 450 g/mol. The van der Waals surface area contributed by atoms with E-state index in [1.54, 1.807) is 12.1 Å². The predicted octanol–water partition coefficient (Wildman–Crippen LogP) is 6.52. The Morgan fingerprint density at radius 3 is 2.30 bits per heavy atom. The summed E-state index contributed by atoms with van der Waals surface area (Å²) in [6.45, 7) is 0. The highest BCUT2D eigenvalue weighted by molar-refractivity contribution is 9.11. The van der Waals surface area contributed by atoms with Crippen molar-refractivity contribution in [3.05, 3.63) is 54.1 Å². The van der Waals surface area contributed by atoms with E-state index in [0.717, 1.165) is 25.7 Å². The SMILES string of the molecule is S=c1[nH]c2cc(Cl)c(Cl)cc2n1-c1c(Br)cccc1Br. The van der Waals surface area contributed by atoms with Gasteiger partial charge in [-0.25, -0.2) is 0 Å². The first-order chi connectivity index (χ1) is 9.49. The molecule has 0 bridgehead atoms. The van der Waals surface area contributed by atoms with E-state index in [0.29, 0.717) is 14.8 Å². The third-order valence-electron chi connectivity index (χ3n) is 2.89. The fourth-order valence-corrected chi connectivity index (χ4v) is 4.00. The molecule has 7 heteroatoms. The molecule has 3 aromatic rings. The summed E-state index contributed by atoms with van der Waals surface area (Å²) in [7, 11) is 0. The Hall–Kier alpha value is -0.330. The van der Waals surface area contributed by atoms with Crippen molar-refractivity contribution < 1.29 is 0 Å². The lowest BCUT2D eigenvalue weighted by Gasteiger charge is -2.10. The van der Waals surface area contributed by atoms with Crippen LogP contribution in [-0.2, 0) is 0 Å². The van der Waals surface area contributed by atoms with Crippen molar-refractivity contribution in [3.63, 3.8) is 0 Å². The van der Waals surface area contributed by atoms with Gasteiger partial charge in [0.15, 0.2) is 4.77 Å². The number of aromatic amines is 1. The Balaban J connectivity index is 2.46. The summed E-state index contributed by atoms with van der Waals surface area (Å²) in [6, 6.07) is 9.43. The minimum Gasteiger partial charge on any atom is -0.330 e. The fraction of sp³-hybridized carbons (Fsp3) is 0. The van der Waals surface area contributed by atoms with E-state index < -0.39 is 0 Å². The van der Waals surface area contributed by atoms with Crippen LogP contribution in [0.2, 0.25) is 10.0 Å². The molecule has 2 aromatic carbocycles. The second-order valence-electron chi connectivity index (χ2n) is 4.12. The molecule has 0 aliphatic rings. The van der Waals surface area contributed by atoms with Gasteiger partial charge >= 0.3 is 0 Å². The smallest absolute Gasteiger partial charge is 0.182 e. The molecule has 3 rings (SSSR count). The highest BCUT2D eigenvalue weighted by Gasteiger charge is 2.14. The first kappa shape index (κ1) is 14.6. The summed E-state index contributed by atoms with van der Waals surface area (Å²) in [5.74, 6) is 0. The van der Waals surface area contributed by atoms with E-state index in [1.165, 1.54) is 0 Å². The lowest BCUT2D eigenvalue weighted by molar-refractivity contribution is 1.05. The fourth-order valence-electron chi connectivity index (χ4n) is 2.03. The largest absolute Gasteiger partial charge is 0.330 e. The molecule has 0 saturated heterocycles. The number of hydrogen-bond donors (Lipinski definition) is 1. The van der Waals surface area contributed by atoms with Crippen LogP contribution in [0.4, 0.5) is 0 Å². The molecular weight excluding hydrogens is 447 g/mol. The van der Waals surface area contributed by atoms with Gasteiger partial charge < -0.3 is 4.98 Å². The first-order valence-electron chi connectivity index (χ1n) is 5.53. The van der Waals surface area contributed by atoms with Crippen molar-refractivity contribution in [2.24, 2.45) is 0 Å². The van der Waals surface area contributed by atoms with Crippen LogP contribution in [0.15, 0.2) is 39.3 Å². The number of halogens is 4. The van der Waals surface area contributed by atoms with Gasteiger partial charge in [-0.05, 0) is 68.3 Å². The lowest BCUT2D eigenvalue weighted by Crippen LogP contribution is -1.96. The highest BCUT2D eigenvalue weighted by atomic mass is 79.9. The van der Waals surface area contributed by atoms with Crippen LogP contribution in [-0.4, -0.2) is 9.55 Å². The number of nitrogens with zero attached hydrogens (tertiary/aromatic N) is 1. The number of hydrogen-bond acceptors (Lipinski definition) is 1. The van der Waals surface area contributed by atoms with Crippen LogP contribution in [0, 0.1) is 4.77 Å². The molecule has 1 N–H and O–H groups in total. The van der Waals surface area contributed by atoms with Crippen LogP contribution >= 0.6 is 67.3 Å². The third kappa shape index (κ3) is 2.35. The van der Waals surface area contributed by atoms with Crippen molar-refractivity contribution in [3.8, 4) is 5.69 Å².